The van der Waals surface area contributed by atoms with Crippen LogP contribution in [0.25, 0.3) is 11.0 Å². The maximum atomic E-state index is 12.9. The first kappa shape index (κ1) is 16.5. The average Bonchev–Trinajstić information content (AvgIpc) is 3.10. The number of benzene rings is 2. The van der Waals surface area contributed by atoms with Crippen LogP contribution in [0.15, 0.2) is 42.5 Å². The van der Waals surface area contributed by atoms with E-state index in [1.54, 1.807) is 46.2 Å². The van der Waals surface area contributed by atoms with Gasteiger partial charge in [0.2, 0.25) is 5.91 Å². The topological polar surface area (TPSA) is 82.2 Å². The normalized spacial score (nSPS) is 17.8. The third-order valence-electron chi connectivity index (χ3n) is 4.53. The smallest absolute Gasteiger partial charge is 0.254 e. The number of aromatic amines is 1. The number of hydrogen-bond donors (Lipinski definition) is 1. The molecule has 1 aliphatic heterocycles. The number of amides is 2. The Morgan fingerprint density at radius 3 is 2.81 bits per heavy atom. The summed E-state index contributed by atoms with van der Waals surface area (Å²) in [4.78, 5) is 28.8. The van der Waals surface area contributed by atoms with Crippen molar-refractivity contribution in [1.82, 2.24) is 20.3 Å². The third kappa shape index (κ3) is 2.90. The van der Waals surface area contributed by atoms with Gasteiger partial charge in [-0.15, -0.1) is 0 Å². The number of hydrogen-bond acceptors (Lipinski definition) is 4. The second-order valence-corrected chi connectivity index (χ2v) is 6.73. The van der Waals surface area contributed by atoms with E-state index in [1.165, 1.54) is 0 Å². The Labute approximate surface area is 154 Å². The Kier molecular flexibility index (Phi) is 4.08. The first-order chi connectivity index (χ1) is 12.5. The van der Waals surface area contributed by atoms with Gasteiger partial charge in [-0.1, -0.05) is 17.7 Å². The molecule has 0 aliphatic carbocycles. The maximum absolute atomic E-state index is 12.9. The lowest BCUT2D eigenvalue weighted by Crippen LogP contribution is -2.57. The van der Waals surface area contributed by atoms with Crippen molar-refractivity contribution in [1.29, 1.82) is 0 Å². The number of carbonyl (C=O) groups excluding carboxylic acids is 2. The molecule has 0 bridgehead atoms. The van der Waals surface area contributed by atoms with E-state index < -0.39 is 0 Å². The Morgan fingerprint density at radius 1 is 1.19 bits per heavy atom. The fourth-order valence-corrected chi connectivity index (χ4v) is 3.34. The number of H-pyrrole nitrogens is 1. The van der Waals surface area contributed by atoms with Gasteiger partial charge in [-0.05, 0) is 43.3 Å². The fourth-order valence-electron chi connectivity index (χ4n) is 3.16. The van der Waals surface area contributed by atoms with Crippen LogP contribution in [0.4, 0.5) is 5.69 Å². The Bertz CT molecular complexity index is 1000. The second-order valence-electron chi connectivity index (χ2n) is 6.29. The number of halogens is 1. The van der Waals surface area contributed by atoms with Crippen LogP contribution in [0, 0.1) is 0 Å². The van der Waals surface area contributed by atoms with Gasteiger partial charge in [-0.3, -0.25) is 9.59 Å². The van der Waals surface area contributed by atoms with Crippen molar-refractivity contribution in [2.45, 2.75) is 13.0 Å². The SMILES string of the molecule is CC1CN(c2cccc(Cl)c2)C(=O)CN1C(=O)c1ccc2n[nH]nc2c1. The molecule has 7 nitrogen and oxygen atoms in total. The van der Waals surface area contributed by atoms with E-state index >= 15 is 0 Å². The van der Waals surface area contributed by atoms with Crippen molar-refractivity contribution in [3.8, 4) is 0 Å². The lowest BCUT2D eigenvalue weighted by Gasteiger charge is -2.39. The number of fused-ring (bicyclic) bond motifs is 1. The van der Waals surface area contributed by atoms with Gasteiger partial charge in [0.15, 0.2) is 0 Å². The van der Waals surface area contributed by atoms with Crippen LogP contribution in [-0.4, -0.2) is 51.3 Å². The largest absolute Gasteiger partial charge is 0.325 e. The molecule has 1 saturated heterocycles. The zero-order chi connectivity index (χ0) is 18.3. The van der Waals surface area contributed by atoms with Crippen LogP contribution in [0.2, 0.25) is 5.02 Å². The van der Waals surface area contributed by atoms with Gasteiger partial charge >= 0.3 is 0 Å². The standard InChI is InChI=1S/C18H16ClN5O2/c1-11-9-24(14-4-2-3-13(19)8-14)17(25)10-23(11)18(26)12-5-6-15-16(7-12)21-22-20-15/h2-8,11H,9-10H2,1H3,(H,20,21,22). The molecule has 1 N–H and O–H groups in total. The lowest BCUT2D eigenvalue weighted by atomic mass is 10.1. The first-order valence-electron chi connectivity index (χ1n) is 8.20. The van der Waals surface area contributed by atoms with Crippen LogP contribution in [-0.2, 0) is 4.79 Å². The van der Waals surface area contributed by atoms with Crippen molar-refractivity contribution in [2.24, 2.45) is 0 Å². The Hall–Kier alpha value is -2.93. The van der Waals surface area contributed by atoms with Crippen LogP contribution >= 0.6 is 11.6 Å². The first-order valence-corrected chi connectivity index (χ1v) is 8.58. The molecule has 0 spiro atoms. The molecule has 0 radical (unpaired) electrons. The highest BCUT2D eigenvalue weighted by molar-refractivity contribution is 6.31. The molecule has 132 valence electrons. The number of piperazine rings is 1. The summed E-state index contributed by atoms with van der Waals surface area (Å²) in [6.07, 6.45) is 0. The van der Waals surface area contributed by atoms with E-state index in [0.717, 1.165) is 5.69 Å². The molecule has 0 saturated carbocycles. The summed E-state index contributed by atoms with van der Waals surface area (Å²) in [5.74, 6) is -0.331. The van der Waals surface area contributed by atoms with E-state index in [0.29, 0.717) is 28.2 Å². The highest BCUT2D eigenvalue weighted by Gasteiger charge is 2.33. The van der Waals surface area contributed by atoms with Gasteiger partial charge < -0.3 is 9.80 Å². The molecule has 8 heteroatoms. The average molecular weight is 370 g/mol. The molecule has 1 atom stereocenters. The van der Waals surface area contributed by atoms with Crippen molar-refractivity contribution in [2.75, 3.05) is 18.0 Å². The molecular weight excluding hydrogens is 354 g/mol. The van der Waals surface area contributed by atoms with Crippen LogP contribution in [0.3, 0.4) is 0 Å². The van der Waals surface area contributed by atoms with Crippen LogP contribution in [0.1, 0.15) is 17.3 Å². The summed E-state index contributed by atoms with van der Waals surface area (Å²) in [6.45, 7) is 2.36. The van der Waals surface area contributed by atoms with E-state index in [2.05, 4.69) is 15.4 Å². The highest BCUT2D eigenvalue weighted by Crippen LogP contribution is 2.24. The Morgan fingerprint density at radius 2 is 2.00 bits per heavy atom. The quantitative estimate of drug-likeness (QED) is 0.752. The molecule has 1 aromatic heterocycles. The summed E-state index contributed by atoms with van der Waals surface area (Å²) in [6, 6.07) is 12.1. The summed E-state index contributed by atoms with van der Waals surface area (Å²) in [5.41, 5.74) is 2.54. The lowest BCUT2D eigenvalue weighted by molar-refractivity contribution is -0.121. The van der Waals surface area contributed by atoms with E-state index in [4.69, 9.17) is 11.6 Å². The summed E-state index contributed by atoms with van der Waals surface area (Å²) >= 11 is 6.03. The highest BCUT2D eigenvalue weighted by atomic mass is 35.5. The zero-order valence-electron chi connectivity index (χ0n) is 14.0. The molecule has 4 rings (SSSR count). The molecular formula is C18H16ClN5O2. The minimum absolute atomic E-state index is 0.0172. The molecule has 2 heterocycles. The summed E-state index contributed by atoms with van der Waals surface area (Å²) < 4.78 is 0. The maximum Gasteiger partial charge on any atom is 0.254 e. The van der Waals surface area contributed by atoms with Gasteiger partial charge in [-0.2, -0.15) is 15.4 Å². The van der Waals surface area contributed by atoms with Gasteiger partial charge in [0.05, 0.1) is 0 Å². The Balaban J connectivity index is 1.57. The molecule has 2 aromatic carbocycles. The predicted octanol–water partition coefficient (Wildman–Crippen LogP) is 2.49. The van der Waals surface area contributed by atoms with Crippen molar-refractivity contribution < 1.29 is 9.59 Å². The van der Waals surface area contributed by atoms with E-state index in [9.17, 15) is 9.59 Å². The van der Waals surface area contributed by atoms with Gasteiger partial charge in [0.25, 0.3) is 5.91 Å². The van der Waals surface area contributed by atoms with Crippen molar-refractivity contribution in [3.63, 3.8) is 0 Å². The van der Waals surface area contributed by atoms with Gasteiger partial charge in [0.1, 0.15) is 17.6 Å². The van der Waals surface area contributed by atoms with E-state index in [-0.39, 0.29) is 24.4 Å². The van der Waals surface area contributed by atoms with Crippen molar-refractivity contribution in [3.05, 3.63) is 53.1 Å². The third-order valence-corrected chi connectivity index (χ3v) is 4.76. The van der Waals surface area contributed by atoms with Gasteiger partial charge in [-0.25, -0.2) is 0 Å². The number of rotatable bonds is 2. The monoisotopic (exact) mass is 369 g/mol. The molecule has 1 fully saturated rings. The second kappa shape index (κ2) is 6.42. The van der Waals surface area contributed by atoms with Crippen LogP contribution in [0.5, 0.6) is 0 Å². The molecule has 3 aromatic rings. The van der Waals surface area contributed by atoms with Crippen LogP contribution < -0.4 is 4.90 Å². The number of nitrogens with zero attached hydrogens (tertiary/aromatic N) is 4. The summed E-state index contributed by atoms with van der Waals surface area (Å²) in [5, 5.41) is 11.1. The molecule has 2 amide bonds. The predicted molar refractivity (Wildman–Crippen MR) is 98.2 cm³/mol. The number of carbonyl (C=O) groups is 2. The zero-order valence-corrected chi connectivity index (χ0v) is 14.8. The number of nitrogens with one attached hydrogen (secondary N) is 1. The number of anilines is 1. The molecule has 26 heavy (non-hydrogen) atoms. The molecule has 1 aliphatic rings. The number of aromatic nitrogens is 3. The molecule has 1 unspecified atom stereocenters. The minimum atomic E-state index is -0.193. The van der Waals surface area contributed by atoms with E-state index in [1.807, 2.05) is 13.0 Å². The van der Waals surface area contributed by atoms with Gasteiger partial charge in [0, 0.05) is 28.9 Å². The summed E-state index contributed by atoms with van der Waals surface area (Å²) in [7, 11) is 0. The minimum Gasteiger partial charge on any atom is -0.325 e. The fraction of sp³-hybridized carbons (Fsp3) is 0.222. The van der Waals surface area contributed by atoms with Crippen molar-refractivity contribution >= 4 is 40.1 Å².